The van der Waals surface area contributed by atoms with Gasteiger partial charge in [0.1, 0.15) is 0 Å². The summed E-state index contributed by atoms with van der Waals surface area (Å²) in [5.41, 5.74) is 0. The Morgan fingerprint density at radius 2 is 1.57 bits per heavy atom. The third-order valence-electron chi connectivity index (χ3n) is 3.60. The Balaban J connectivity index is 3.49. The fourth-order valence-corrected chi connectivity index (χ4v) is 2.22. The van der Waals surface area contributed by atoms with Gasteiger partial charge < -0.3 is 10.2 Å². The van der Waals surface area contributed by atoms with E-state index in [0.717, 1.165) is 32.1 Å². The predicted molar refractivity (Wildman–Crippen MR) is 97.5 cm³/mol. The molecule has 0 rings (SSSR count). The highest BCUT2D eigenvalue weighted by Gasteiger charge is 1.97. The summed E-state index contributed by atoms with van der Waals surface area (Å²) in [5.74, 6) is -0.728. The van der Waals surface area contributed by atoms with Crippen molar-refractivity contribution < 1.29 is 15.0 Å². The minimum Gasteiger partial charge on any atom is -0.481 e. The molecule has 0 aromatic heterocycles. The van der Waals surface area contributed by atoms with Crippen LogP contribution in [0.2, 0.25) is 0 Å². The Labute approximate surface area is 141 Å². The third kappa shape index (κ3) is 18.6. The summed E-state index contributed by atoms with van der Waals surface area (Å²) < 4.78 is 0. The molecule has 0 radical (unpaired) electrons. The SMILES string of the molecule is CCCCCCCC(O)/C=C/C/C=C/C/C=C/CCCC(=O)O. The van der Waals surface area contributed by atoms with E-state index in [-0.39, 0.29) is 12.5 Å². The summed E-state index contributed by atoms with van der Waals surface area (Å²) in [5, 5.41) is 18.3. The molecule has 0 aromatic rings. The van der Waals surface area contributed by atoms with E-state index >= 15 is 0 Å². The number of allylic oxidation sites excluding steroid dienone is 5. The van der Waals surface area contributed by atoms with Gasteiger partial charge >= 0.3 is 5.97 Å². The van der Waals surface area contributed by atoms with Gasteiger partial charge in [0.05, 0.1) is 6.10 Å². The largest absolute Gasteiger partial charge is 0.481 e. The molecule has 0 aliphatic heterocycles. The molecule has 132 valence electrons. The fraction of sp³-hybridized carbons (Fsp3) is 0.650. The Kier molecular flexibility index (Phi) is 16.0. The van der Waals surface area contributed by atoms with Crippen LogP contribution in [-0.2, 0) is 4.79 Å². The van der Waals surface area contributed by atoms with Gasteiger partial charge in [-0.2, -0.15) is 0 Å². The highest BCUT2D eigenvalue weighted by Crippen LogP contribution is 2.08. The van der Waals surface area contributed by atoms with Crippen molar-refractivity contribution in [2.75, 3.05) is 0 Å². The standard InChI is InChI=1S/C20H34O3/c1-2-3-4-10-13-16-19(21)17-14-11-8-6-5-7-9-12-15-18-20(22)23/h6-9,14,17,19,21H,2-5,10-13,15-16,18H2,1H3,(H,22,23)/b8-6+,9-7+,17-14+. The molecule has 0 aromatic carbocycles. The van der Waals surface area contributed by atoms with Gasteiger partial charge in [0.25, 0.3) is 0 Å². The number of unbranched alkanes of at least 4 members (excludes halogenated alkanes) is 5. The average Bonchev–Trinajstić information content (AvgIpc) is 2.52. The lowest BCUT2D eigenvalue weighted by Crippen LogP contribution is -2.01. The number of hydrogen-bond donors (Lipinski definition) is 2. The average molecular weight is 322 g/mol. The molecular weight excluding hydrogens is 288 g/mol. The summed E-state index contributed by atoms with van der Waals surface area (Å²) in [6.07, 6.45) is 22.4. The van der Waals surface area contributed by atoms with Gasteiger partial charge in [-0.25, -0.2) is 0 Å². The fourth-order valence-electron chi connectivity index (χ4n) is 2.22. The minimum absolute atomic E-state index is 0.242. The Morgan fingerprint density at radius 1 is 0.913 bits per heavy atom. The van der Waals surface area contributed by atoms with Crippen molar-refractivity contribution in [3.8, 4) is 0 Å². The maximum absolute atomic E-state index is 10.3. The van der Waals surface area contributed by atoms with Crippen LogP contribution >= 0.6 is 0 Å². The predicted octanol–water partition coefficient (Wildman–Crippen LogP) is 5.41. The Hall–Kier alpha value is -1.35. The normalized spacial score (nSPS) is 13.5. The number of aliphatic hydroxyl groups is 1. The molecule has 23 heavy (non-hydrogen) atoms. The highest BCUT2D eigenvalue weighted by atomic mass is 16.4. The van der Waals surface area contributed by atoms with Gasteiger partial charge in [0.15, 0.2) is 0 Å². The molecule has 0 spiro atoms. The number of aliphatic carboxylic acids is 1. The number of hydrogen-bond acceptors (Lipinski definition) is 2. The number of carbonyl (C=O) groups is 1. The van der Waals surface area contributed by atoms with Crippen LogP contribution in [0.15, 0.2) is 36.5 Å². The van der Waals surface area contributed by atoms with E-state index in [2.05, 4.69) is 25.2 Å². The number of rotatable bonds is 15. The maximum Gasteiger partial charge on any atom is 0.303 e. The van der Waals surface area contributed by atoms with E-state index in [1.54, 1.807) is 0 Å². The second kappa shape index (κ2) is 17.0. The monoisotopic (exact) mass is 322 g/mol. The van der Waals surface area contributed by atoms with Gasteiger partial charge in [-0.05, 0) is 32.1 Å². The second-order valence-corrected chi connectivity index (χ2v) is 5.90. The smallest absolute Gasteiger partial charge is 0.303 e. The van der Waals surface area contributed by atoms with Crippen molar-refractivity contribution >= 4 is 5.97 Å². The number of aliphatic hydroxyl groups excluding tert-OH is 1. The number of carboxylic acid groups (broad SMARTS) is 1. The molecule has 3 nitrogen and oxygen atoms in total. The van der Waals surface area contributed by atoms with Crippen LogP contribution in [0.1, 0.15) is 77.6 Å². The zero-order valence-corrected chi connectivity index (χ0v) is 14.6. The zero-order chi connectivity index (χ0) is 17.2. The molecule has 1 atom stereocenters. The van der Waals surface area contributed by atoms with Crippen molar-refractivity contribution in [3.63, 3.8) is 0 Å². The lowest BCUT2D eigenvalue weighted by Gasteiger charge is -2.04. The molecule has 3 heteroatoms. The Bertz CT molecular complexity index is 356. The Morgan fingerprint density at radius 3 is 2.26 bits per heavy atom. The summed E-state index contributed by atoms with van der Waals surface area (Å²) in [6, 6.07) is 0. The summed E-state index contributed by atoms with van der Waals surface area (Å²) in [4.78, 5) is 10.3. The van der Waals surface area contributed by atoms with Gasteiger partial charge in [-0.15, -0.1) is 0 Å². The van der Waals surface area contributed by atoms with E-state index in [1.165, 1.54) is 25.7 Å². The molecular formula is C20H34O3. The first-order chi connectivity index (χ1) is 11.2. The van der Waals surface area contributed by atoms with Gasteiger partial charge in [-0.1, -0.05) is 75.5 Å². The topological polar surface area (TPSA) is 57.5 Å². The van der Waals surface area contributed by atoms with Crippen molar-refractivity contribution in [1.29, 1.82) is 0 Å². The van der Waals surface area contributed by atoms with Crippen LogP contribution in [0.4, 0.5) is 0 Å². The molecule has 0 heterocycles. The van der Waals surface area contributed by atoms with Crippen molar-refractivity contribution in [1.82, 2.24) is 0 Å². The second-order valence-electron chi connectivity index (χ2n) is 5.90. The quantitative estimate of drug-likeness (QED) is 0.313. The summed E-state index contributed by atoms with van der Waals surface area (Å²) in [6.45, 7) is 2.21. The highest BCUT2D eigenvalue weighted by molar-refractivity contribution is 5.66. The van der Waals surface area contributed by atoms with E-state index in [1.807, 2.05) is 18.2 Å². The molecule has 0 saturated heterocycles. The van der Waals surface area contributed by atoms with E-state index in [9.17, 15) is 9.90 Å². The molecule has 0 amide bonds. The van der Waals surface area contributed by atoms with E-state index in [4.69, 9.17) is 5.11 Å². The van der Waals surface area contributed by atoms with Crippen molar-refractivity contribution in [2.45, 2.75) is 83.7 Å². The van der Waals surface area contributed by atoms with Crippen LogP contribution in [0, 0.1) is 0 Å². The lowest BCUT2D eigenvalue weighted by atomic mass is 10.1. The summed E-state index contributed by atoms with van der Waals surface area (Å²) >= 11 is 0. The molecule has 0 bridgehead atoms. The van der Waals surface area contributed by atoms with Gasteiger partial charge in [0, 0.05) is 6.42 Å². The molecule has 1 unspecified atom stereocenters. The first-order valence-corrected chi connectivity index (χ1v) is 9.03. The molecule has 2 N–H and O–H groups in total. The molecule has 0 aliphatic rings. The third-order valence-corrected chi connectivity index (χ3v) is 3.60. The number of carboxylic acids is 1. The first kappa shape index (κ1) is 21.6. The van der Waals surface area contributed by atoms with Crippen molar-refractivity contribution in [2.24, 2.45) is 0 Å². The lowest BCUT2D eigenvalue weighted by molar-refractivity contribution is -0.137. The first-order valence-electron chi connectivity index (χ1n) is 9.03. The van der Waals surface area contributed by atoms with Crippen LogP contribution in [-0.4, -0.2) is 22.3 Å². The van der Waals surface area contributed by atoms with Crippen LogP contribution in [0.25, 0.3) is 0 Å². The molecule has 0 saturated carbocycles. The van der Waals surface area contributed by atoms with Gasteiger partial charge in [-0.3, -0.25) is 4.79 Å². The maximum atomic E-state index is 10.3. The van der Waals surface area contributed by atoms with Crippen LogP contribution in [0.3, 0.4) is 0 Å². The summed E-state index contributed by atoms with van der Waals surface area (Å²) in [7, 11) is 0. The van der Waals surface area contributed by atoms with Crippen molar-refractivity contribution in [3.05, 3.63) is 36.5 Å². The molecule has 0 fully saturated rings. The van der Waals surface area contributed by atoms with Crippen LogP contribution in [0.5, 0.6) is 0 Å². The zero-order valence-electron chi connectivity index (χ0n) is 14.6. The molecule has 0 aliphatic carbocycles. The van der Waals surface area contributed by atoms with E-state index < -0.39 is 5.97 Å². The van der Waals surface area contributed by atoms with Gasteiger partial charge in [0.2, 0.25) is 0 Å². The van der Waals surface area contributed by atoms with E-state index in [0.29, 0.717) is 6.42 Å². The minimum atomic E-state index is -0.728. The van der Waals surface area contributed by atoms with Crippen LogP contribution < -0.4 is 0 Å².